The van der Waals surface area contributed by atoms with Gasteiger partial charge in [0.1, 0.15) is 11.5 Å². The number of carbonyl (C=O) groups excluding carboxylic acids is 4. The van der Waals surface area contributed by atoms with E-state index in [1.54, 1.807) is 18.2 Å². The molecule has 0 radical (unpaired) electrons. The molecule has 2 saturated carbocycles. The average molecular weight is 739 g/mol. The summed E-state index contributed by atoms with van der Waals surface area (Å²) in [6, 6.07) is 22.1. The number of hydrogen-bond donors (Lipinski definition) is 0. The summed E-state index contributed by atoms with van der Waals surface area (Å²) in [7, 11) is 0. The van der Waals surface area contributed by atoms with Gasteiger partial charge in [0.2, 0.25) is 0 Å². The van der Waals surface area contributed by atoms with Gasteiger partial charge in [-0.25, -0.2) is 0 Å². The second kappa shape index (κ2) is 20.8. The van der Waals surface area contributed by atoms with E-state index >= 15 is 0 Å². The van der Waals surface area contributed by atoms with Gasteiger partial charge in [0.05, 0.1) is 36.9 Å². The number of carbonyl (C=O) groups is 4. The fourth-order valence-corrected chi connectivity index (χ4v) is 7.61. The normalized spacial score (nSPS) is 19.8. The van der Waals surface area contributed by atoms with Gasteiger partial charge in [-0.15, -0.1) is 0 Å². The van der Waals surface area contributed by atoms with Crippen molar-refractivity contribution < 1.29 is 38.1 Å². The Bertz CT molecular complexity index is 1660. The first-order valence-electron chi connectivity index (χ1n) is 20.3. The molecular weight excluding hydrogens is 680 g/mol. The lowest BCUT2D eigenvalue weighted by atomic mass is 9.82. The molecule has 0 amide bonds. The Balaban J connectivity index is 0.995. The highest BCUT2D eigenvalue weighted by atomic mass is 16.5. The second-order valence-electron chi connectivity index (χ2n) is 15.0. The first-order valence-corrected chi connectivity index (χ1v) is 20.3. The summed E-state index contributed by atoms with van der Waals surface area (Å²) in [6.45, 7) is 7.00. The van der Waals surface area contributed by atoms with Crippen LogP contribution in [0.5, 0.6) is 11.5 Å². The van der Waals surface area contributed by atoms with E-state index in [1.165, 1.54) is 11.1 Å². The molecule has 0 unspecified atom stereocenters. The Morgan fingerprint density at radius 2 is 0.852 bits per heavy atom. The van der Waals surface area contributed by atoms with Crippen LogP contribution in [0.4, 0.5) is 0 Å². The average Bonchev–Trinajstić information content (AvgIpc) is 3.20. The largest absolute Gasteiger partial charge is 0.465 e. The van der Waals surface area contributed by atoms with Crippen molar-refractivity contribution >= 4 is 23.9 Å². The molecule has 2 aliphatic carbocycles. The monoisotopic (exact) mass is 738 g/mol. The van der Waals surface area contributed by atoms with Crippen LogP contribution in [0.15, 0.2) is 66.7 Å². The molecule has 0 aromatic heterocycles. The summed E-state index contributed by atoms with van der Waals surface area (Å²) in [5.74, 6) is -1.08. The Kier molecular flexibility index (Phi) is 15.7. The van der Waals surface area contributed by atoms with Crippen LogP contribution in [0.3, 0.4) is 0 Å². The molecule has 0 aliphatic heterocycles. The predicted molar refractivity (Wildman–Crippen MR) is 208 cm³/mol. The maximum atomic E-state index is 13.1. The van der Waals surface area contributed by atoms with Crippen molar-refractivity contribution in [1.29, 1.82) is 0 Å². The van der Waals surface area contributed by atoms with Gasteiger partial charge >= 0.3 is 23.9 Å². The van der Waals surface area contributed by atoms with Crippen LogP contribution in [0, 0.1) is 23.7 Å². The molecule has 3 aromatic carbocycles. The van der Waals surface area contributed by atoms with Crippen molar-refractivity contribution in [2.45, 2.75) is 117 Å². The van der Waals surface area contributed by atoms with E-state index in [9.17, 15) is 19.2 Å². The van der Waals surface area contributed by atoms with Crippen molar-refractivity contribution in [1.82, 2.24) is 0 Å². The minimum Gasteiger partial charge on any atom is -0.465 e. The van der Waals surface area contributed by atoms with Crippen LogP contribution in [0.1, 0.15) is 113 Å². The smallest absolute Gasteiger partial charge is 0.314 e. The minimum absolute atomic E-state index is 0.187. The number of ether oxygens (including phenoxy) is 4. The van der Waals surface area contributed by atoms with Gasteiger partial charge in [0, 0.05) is 12.8 Å². The molecule has 5 rings (SSSR count). The summed E-state index contributed by atoms with van der Waals surface area (Å²) in [5, 5.41) is 0. The fourth-order valence-electron chi connectivity index (χ4n) is 7.61. The molecule has 2 aliphatic rings. The van der Waals surface area contributed by atoms with Crippen LogP contribution in [-0.2, 0) is 60.8 Å². The third-order valence-corrected chi connectivity index (χ3v) is 11.0. The van der Waals surface area contributed by atoms with Gasteiger partial charge in [0.15, 0.2) is 0 Å². The highest BCUT2D eigenvalue weighted by Gasteiger charge is 2.33. The number of hydrogen-bond acceptors (Lipinski definition) is 8. The highest BCUT2D eigenvalue weighted by molar-refractivity contribution is 5.78. The lowest BCUT2D eigenvalue weighted by molar-refractivity contribution is -0.152. The van der Waals surface area contributed by atoms with Crippen molar-refractivity contribution in [3.8, 4) is 11.5 Å². The van der Waals surface area contributed by atoms with Gasteiger partial charge in [0.25, 0.3) is 0 Å². The van der Waals surface area contributed by atoms with Crippen molar-refractivity contribution in [3.05, 3.63) is 94.5 Å². The van der Waals surface area contributed by atoms with Crippen LogP contribution in [0.2, 0.25) is 0 Å². The summed E-state index contributed by atoms with van der Waals surface area (Å²) < 4.78 is 22.8. The fraction of sp³-hybridized carbons (Fsp3) is 0.522. The summed E-state index contributed by atoms with van der Waals surface area (Å²) in [5.41, 5.74) is 5.72. The Hall–Kier alpha value is -4.46. The molecule has 0 N–H and O–H groups in total. The molecule has 0 heterocycles. The first-order chi connectivity index (χ1) is 26.3. The number of rotatable bonds is 17. The predicted octanol–water partition coefficient (Wildman–Crippen LogP) is 9.15. The molecule has 290 valence electrons. The maximum Gasteiger partial charge on any atom is 0.314 e. The van der Waals surface area contributed by atoms with Crippen LogP contribution in [0.25, 0.3) is 0 Å². The van der Waals surface area contributed by atoms with E-state index in [-0.39, 0.29) is 47.5 Å². The summed E-state index contributed by atoms with van der Waals surface area (Å²) in [4.78, 5) is 51.7. The van der Waals surface area contributed by atoms with Gasteiger partial charge in [-0.2, -0.15) is 0 Å². The zero-order chi connectivity index (χ0) is 38.3. The van der Waals surface area contributed by atoms with Crippen molar-refractivity contribution in [2.75, 3.05) is 13.2 Å². The third kappa shape index (κ3) is 12.0. The molecular formula is C46H58O8. The molecule has 3 aromatic rings. The summed E-state index contributed by atoms with van der Waals surface area (Å²) >= 11 is 0. The quantitative estimate of drug-likeness (QED) is 0.0998. The van der Waals surface area contributed by atoms with Crippen molar-refractivity contribution in [2.24, 2.45) is 23.7 Å². The maximum absolute atomic E-state index is 13.1. The Labute approximate surface area is 321 Å². The van der Waals surface area contributed by atoms with Crippen LogP contribution < -0.4 is 9.47 Å². The number of aryl methyl sites for hydroxylation is 3. The van der Waals surface area contributed by atoms with E-state index in [0.717, 1.165) is 42.4 Å². The topological polar surface area (TPSA) is 105 Å². The van der Waals surface area contributed by atoms with E-state index in [2.05, 4.69) is 62.4 Å². The van der Waals surface area contributed by atoms with Gasteiger partial charge < -0.3 is 18.9 Å². The van der Waals surface area contributed by atoms with E-state index in [4.69, 9.17) is 18.9 Å². The van der Waals surface area contributed by atoms with Crippen LogP contribution in [-0.4, -0.2) is 37.1 Å². The van der Waals surface area contributed by atoms with Crippen LogP contribution >= 0.6 is 0 Å². The zero-order valence-electron chi connectivity index (χ0n) is 32.4. The molecule has 8 nitrogen and oxygen atoms in total. The SMILES string of the molecule is CCCc1ccc(CCOC(=O)C2CCC(C(=O)Oc3ccc(OC(=O)C4CCC(C(=O)OCCc5ccc(CCC)cc5)CC4)c(CC)c3)CC2)cc1. The molecule has 54 heavy (non-hydrogen) atoms. The molecule has 0 bridgehead atoms. The highest BCUT2D eigenvalue weighted by Crippen LogP contribution is 2.34. The second-order valence-corrected chi connectivity index (χ2v) is 15.0. The number of esters is 4. The summed E-state index contributed by atoms with van der Waals surface area (Å²) in [6.07, 6.45) is 11.0. The molecule has 0 spiro atoms. The third-order valence-electron chi connectivity index (χ3n) is 11.0. The zero-order valence-corrected chi connectivity index (χ0v) is 32.4. The van der Waals surface area contributed by atoms with E-state index in [0.29, 0.717) is 95.3 Å². The molecule has 8 heteroatoms. The standard InChI is InChI=1S/C46H58O8/c1-4-7-32-9-13-34(14-10-32)27-29-51-43(47)37-17-21-39(22-18-37)45(49)53-41-25-26-42(36(6-3)31-41)54-46(50)40-23-19-38(20-24-40)44(48)52-30-28-35-15-11-33(8-5-2)12-16-35/h9-16,25-26,31,37-40H,4-8,17-24,27-30H2,1-3H3. The minimum atomic E-state index is -0.309. The van der Waals surface area contributed by atoms with Gasteiger partial charge in [-0.05, 0) is 117 Å². The number of benzene rings is 3. The molecule has 2 fully saturated rings. The first kappa shape index (κ1) is 40.7. The van der Waals surface area contributed by atoms with E-state index < -0.39 is 0 Å². The van der Waals surface area contributed by atoms with Gasteiger partial charge in [-0.1, -0.05) is 82.1 Å². The van der Waals surface area contributed by atoms with Crippen molar-refractivity contribution in [3.63, 3.8) is 0 Å². The Morgan fingerprint density at radius 1 is 0.481 bits per heavy atom. The van der Waals surface area contributed by atoms with Gasteiger partial charge in [-0.3, -0.25) is 19.2 Å². The Morgan fingerprint density at radius 3 is 1.24 bits per heavy atom. The molecule has 0 saturated heterocycles. The van der Waals surface area contributed by atoms with E-state index in [1.807, 2.05) is 6.92 Å². The molecule has 0 atom stereocenters. The lowest BCUT2D eigenvalue weighted by Gasteiger charge is -2.26. The lowest BCUT2D eigenvalue weighted by Crippen LogP contribution is -2.30.